The van der Waals surface area contributed by atoms with Crippen LogP contribution in [0.5, 0.6) is 0 Å². The van der Waals surface area contributed by atoms with E-state index in [0.29, 0.717) is 15.1 Å². The van der Waals surface area contributed by atoms with Crippen molar-refractivity contribution in [2.24, 2.45) is 0 Å². The van der Waals surface area contributed by atoms with E-state index in [2.05, 4.69) is 15.9 Å². The summed E-state index contributed by atoms with van der Waals surface area (Å²) in [6, 6.07) is 3.09. The van der Waals surface area contributed by atoms with E-state index in [1.54, 1.807) is 13.0 Å². The van der Waals surface area contributed by atoms with E-state index >= 15 is 0 Å². The minimum Gasteiger partial charge on any atom is -0.768 e. The second-order valence-electron chi connectivity index (χ2n) is 2.27. The van der Waals surface area contributed by atoms with Crippen molar-refractivity contribution in [3.8, 4) is 0 Å². The maximum atomic E-state index is 10.6. The van der Waals surface area contributed by atoms with E-state index < -0.39 is 11.1 Å². The summed E-state index contributed by atoms with van der Waals surface area (Å²) in [5.41, 5.74) is 0.680. The van der Waals surface area contributed by atoms with Crippen LogP contribution in [0.3, 0.4) is 0 Å². The van der Waals surface area contributed by atoms with Crippen molar-refractivity contribution in [2.75, 3.05) is 0 Å². The Morgan fingerprint density at radius 2 is 2.08 bits per heavy atom. The summed E-state index contributed by atoms with van der Waals surface area (Å²) in [5.74, 6) is 0. The fourth-order valence-corrected chi connectivity index (χ4v) is 2.03. The molecular weight excluding hydrogens is 286 g/mol. The molecule has 0 radical (unpaired) electrons. The van der Waals surface area contributed by atoms with E-state index in [-0.39, 0.29) is 34.5 Å². The number of rotatable bonds is 1. The average molecular weight is 292 g/mol. The average Bonchev–Trinajstić information content (AvgIpc) is 1.96. The minimum atomic E-state index is -2.21. The molecule has 6 heteroatoms. The Bertz CT molecular complexity index is 346. The Balaban J connectivity index is 0.00000144. The summed E-state index contributed by atoms with van der Waals surface area (Å²) in [7, 11) is 0. The summed E-state index contributed by atoms with van der Waals surface area (Å²) in [6.45, 7) is 1.71. The van der Waals surface area contributed by atoms with E-state index in [1.807, 2.05) is 0 Å². The number of aryl methyl sites for hydroxylation is 1. The second-order valence-corrected chi connectivity index (χ2v) is 4.44. The topological polar surface area (TPSA) is 40.1 Å². The van der Waals surface area contributed by atoms with Crippen molar-refractivity contribution in [3.05, 3.63) is 27.2 Å². The Hall–Kier alpha value is 1.10. The molecule has 0 bridgehead atoms. The van der Waals surface area contributed by atoms with Crippen molar-refractivity contribution >= 4 is 38.6 Å². The van der Waals surface area contributed by atoms with E-state index in [1.165, 1.54) is 6.07 Å². The molecule has 1 atom stereocenters. The van der Waals surface area contributed by atoms with Crippen LogP contribution in [0.1, 0.15) is 5.56 Å². The molecule has 0 fully saturated rings. The van der Waals surface area contributed by atoms with Gasteiger partial charge in [-0.2, -0.15) is 0 Å². The first-order valence-electron chi connectivity index (χ1n) is 3.07. The Kier molecular flexibility index (Phi) is 6.35. The second kappa shape index (κ2) is 5.85. The van der Waals surface area contributed by atoms with Gasteiger partial charge < -0.3 is 4.55 Å². The first-order valence-corrected chi connectivity index (χ1v) is 5.32. The van der Waals surface area contributed by atoms with Gasteiger partial charge in [0.15, 0.2) is 0 Å². The van der Waals surface area contributed by atoms with E-state index in [4.69, 9.17) is 11.6 Å². The van der Waals surface area contributed by atoms with Crippen LogP contribution in [0.15, 0.2) is 21.5 Å². The van der Waals surface area contributed by atoms with Crippen molar-refractivity contribution in [3.63, 3.8) is 0 Å². The normalized spacial score (nSPS) is 12.0. The van der Waals surface area contributed by atoms with Crippen LogP contribution < -0.4 is 29.6 Å². The number of hydrogen-bond acceptors (Lipinski definition) is 2. The van der Waals surface area contributed by atoms with Crippen LogP contribution in [0.25, 0.3) is 0 Å². The Morgan fingerprint density at radius 3 is 2.54 bits per heavy atom. The van der Waals surface area contributed by atoms with Gasteiger partial charge in [0.05, 0.1) is 5.02 Å². The molecule has 0 aliphatic heterocycles. The molecule has 1 aromatic carbocycles. The third-order valence-corrected chi connectivity index (χ3v) is 3.39. The molecule has 0 saturated carbocycles. The summed E-state index contributed by atoms with van der Waals surface area (Å²) in [5, 5.41) is 0.403. The third kappa shape index (κ3) is 3.63. The molecule has 0 heterocycles. The molecule has 1 aromatic rings. The standard InChI is InChI=1S/C7H6BrClO2S.Na/c1-4-2-5(8)6(9)3-7(4)12(10)11;/h2-3H,1H3,(H,10,11);/q;+1/p-1. The molecular formula is C7H5BrClNaO2S. The van der Waals surface area contributed by atoms with Gasteiger partial charge in [0.1, 0.15) is 0 Å². The SMILES string of the molecule is Cc1cc(Br)c(Cl)cc1S(=O)[O-].[Na+]. The van der Waals surface area contributed by atoms with Gasteiger partial charge in [-0.25, -0.2) is 0 Å². The van der Waals surface area contributed by atoms with Crippen LogP contribution in [-0.4, -0.2) is 8.76 Å². The maximum absolute atomic E-state index is 10.6. The first kappa shape index (κ1) is 14.1. The van der Waals surface area contributed by atoms with Crippen molar-refractivity contribution < 1.29 is 38.3 Å². The molecule has 0 saturated heterocycles. The molecule has 13 heavy (non-hydrogen) atoms. The van der Waals surface area contributed by atoms with Gasteiger partial charge in [0.25, 0.3) is 0 Å². The van der Waals surface area contributed by atoms with Crippen LogP contribution in [0.4, 0.5) is 0 Å². The summed E-state index contributed by atoms with van der Waals surface area (Å²) >= 11 is 6.69. The van der Waals surface area contributed by atoms with Gasteiger partial charge in [0, 0.05) is 9.37 Å². The number of halogens is 2. The number of hydrogen-bond donors (Lipinski definition) is 0. The van der Waals surface area contributed by atoms with Gasteiger partial charge in [-0.1, -0.05) is 11.6 Å². The van der Waals surface area contributed by atoms with Crippen molar-refractivity contribution in [1.82, 2.24) is 0 Å². The largest absolute Gasteiger partial charge is 1.00 e. The third-order valence-electron chi connectivity index (χ3n) is 1.40. The molecule has 1 rings (SSSR count). The molecule has 0 aromatic heterocycles. The molecule has 2 nitrogen and oxygen atoms in total. The van der Waals surface area contributed by atoms with Gasteiger partial charge >= 0.3 is 29.6 Å². The maximum Gasteiger partial charge on any atom is 1.00 e. The summed E-state index contributed by atoms with van der Waals surface area (Å²) < 4.78 is 21.9. The van der Waals surface area contributed by atoms with E-state index in [0.717, 1.165) is 0 Å². The molecule has 66 valence electrons. The Morgan fingerprint density at radius 1 is 1.54 bits per heavy atom. The quantitative estimate of drug-likeness (QED) is 0.524. The van der Waals surface area contributed by atoms with Gasteiger partial charge in [-0.05, 0) is 51.6 Å². The molecule has 0 N–H and O–H groups in total. The predicted molar refractivity (Wildman–Crippen MR) is 51.1 cm³/mol. The summed E-state index contributed by atoms with van der Waals surface area (Å²) in [4.78, 5) is 0.239. The zero-order chi connectivity index (χ0) is 9.30. The first-order chi connectivity index (χ1) is 5.52. The molecule has 1 unspecified atom stereocenters. The van der Waals surface area contributed by atoms with Gasteiger partial charge in [-0.15, -0.1) is 0 Å². The monoisotopic (exact) mass is 290 g/mol. The van der Waals surface area contributed by atoms with Crippen LogP contribution >= 0.6 is 27.5 Å². The van der Waals surface area contributed by atoms with Crippen molar-refractivity contribution in [2.45, 2.75) is 11.8 Å². The zero-order valence-corrected chi connectivity index (χ0v) is 12.3. The van der Waals surface area contributed by atoms with E-state index in [9.17, 15) is 8.76 Å². The van der Waals surface area contributed by atoms with Crippen LogP contribution in [0, 0.1) is 6.92 Å². The number of benzene rings is 1. The van der Waals surface area contributed by atoms with Crippen molar-refractivity contribution in [1.29, 1.82) is 0 Å². The van der Waals surface area contributed by atoms with Gasteiger partial charge in [-0.3, -0.25) is 4.21 Å². The Labute approximate surface area is 115 Å². The van der Waals surface area contributed by atoms with Gasteiger partial charge in [0.2, 0.25) is 0 Å². The fourth-order valence-electron chi connectivity index (χ4n) is 0.808. The molecule has 0 spiro atoms. The summed E-state index contributed by atoms with van der Waals surface area (Å²) in [6.07, 6.45) is 0. The van der Waals surface area contributed by atoms with Crippen LogP contribution in [0.2, 0.25) is 5.02 Å². The van der Waals surface area contributed by atoms with Crippen LogP contribution in [-0.2, 0) is 11.1 Å². The molecule has 0 aliphatic rings. The molecule has 0 aliphatic carbocycles. The zero-order valence-electron chi connectivity index (χ0n) is 7.14. The predicted octanol–water partition coefficient (Wildman–Crippen LogP) is -0.347. The fraction of sp³-hybridized carbons (Fsp3) is 0.143. The minimum absolute atomic E-state index is 0. The molecule has 0 amide bonds. The smallest absolute Gasteiger partial charge is 0.768 e.